The summed E-state index contributed by atoms with van der Waals surface area (Å²) in [5.74, 6) is 5.63. The average molecular weight is 400 g/mol. The first kappa shape index (κ1) is 21.9. The van der Waals surface area contributed by atoms with Gasteiger partial charge in [0, 0.05) is 5.54 Å². The molecule has 2 N–H and O–H groups in total. The molecule has 0 aromatic rings. The predicted octanol–water partition coefficient (Wildman–Crippen LogP) is 7.60. The Morgan fingerprint density at radius 1 is 0.966 bits per heavy atom. The smallest absolute Gasteiger partial charge is 0.0246 e. The van der Waals surface area contributed by atoms with Crippen LogP contribution in [0.2, 0.25) is 0 Å². The summed E-state index contributed by atoms with van der Waals surface area (Å²) in [4.78, 5) is 0. The molecule has 0 aliphatic heterocycles. The molecule has 4 aliphatic carbocycles. The molecule has 4 saturated carbocycles. The van der Waals surface area contributed by atoms with Crippen LogP contribution in [0.15, 0.2) is 12.2 Å². The molecule has 0 radical (unpaired) electrons. The average Bonchev–Trinajstić information content (AvgIpc) is 2.96. The van der Waals surface area contributed by atoms with Crippen molar-refractivity contribution in [3.63, 3.8) is 0 Å². The molecule has 1 heteroatoms. The van der Waals surface area contributed by atoms with E-state index in [4.69, 9.17) is 5.73 Å². The number of fused-ring (bicyclic) bond motifs is 5. The molecule has 0 aromatic heterocycles. The molecule has 0 saturated heterocycles. The fraction of sp³-hybridized carbons (Fsp3) is 0.929. The zero-order valence-corrected chi connectivity index (χ0v) is 20.4. The van der Waals surface area contributed by atoms with Gasteiger partial charge in [0.1, 0.15) is 0 Å². The summed E-state index contributed by atoms with van der Waals surface area (Å²) >= 11 is 0. The predicted molar refractivity (Wildman–Crippen MR) is 126 cm³/mol. The molecular formula is C28H49N. The summed E-state index contributed by atoms with van der Waals surface area (Å²) in [7, 11) is 0. The van der Waals surface area contributed by atoms with E-state index in [2.05, 4.69) is 48.1 Å². The minimum atomic E-state index is 0.0785. The van der Waals surface area contributed by atoms with Gasteiger partial charge in [-0.3, -0.25) is 0 Å². The van der Waals surface area contributed by atoms with Crippen LogP contribution in [0.3, 0.4) is 0 Å². The molecule has 0 bridgehead atoms. The maximum absolute atomic E-state index is 7.67. The van der Waals surface area contributed by atoms with E-state index in [0.29, 0.717) is 16.7 Å². The van der Waals surface area contributed by atoms with Gasteiger partial charge < -0.3 is 5.73 Å². The molecule has 29 heavy (non-hydrogen) atoms. The summed E-state index contributed by atoms with van der Waals surface area (Å²) < 4.78 is 0. The van der Waals surface area contributed by atoms with Crippen LogP contribution in [-0.4, -0.2) is 5.54 Å². The Kier molecular flexibility index (Phi) is 5.58. The van der Waals surface area contributed by atoms with Crippen molar-refractivity contribution in [2.45, 2.75) is 111 Å². The molecule has 10 atom stereocenters. The second-order valence-electron chi connectivity index (χ2n) is 13.0. The summed E-state index contributed by atoms with van der Waals surface area (Å²) in [6, 6.07) is 0. The molecule has 1 nitrogen and oxygen atoms in total. The molecule has 0 unspecified atom stereocenters. The van der Waals surface area contributed by atoms with E-state index in [-0.39, 0.29) is 5.54 Å². The van der Waals surface area contributed by atoms with Crippen molar-refractivity contribution in [3.8, 4) is 0 Å². The van der Waals surface area contributed by atoms with Gasteiger partial charge in [-0.15, -0.1) is 6.58 Å². The highest BCUT2D eigenvalue weighted by atomic mass is 14.9. The molecule has 0 aromatic carbocycles. The van der Waals surface area contributed by atoms with E-state index in [1.54, 1.807) is 0 Å². The molecule has 0 spiro atoms. The quantitative estimate of drug-likeness (QED) is 0.484. The Morgan fingerprint density at radius 2 is 1.69 bits per heavy atom. The summed E-state index contributed by atoms with van der Waals surface area (Å²) in [6.07, 6.45) is 13.8. The SMILES string of the molecule is C=C(C)CCC[C@H]1CC[C@@H]2[C@]1(C)[C@@H](C)C[C@@H]1[C@H]3CC[C@@H](C)C[C@@]3(C)C[C@@H](C)[C@]12N. The van der Waals surface area contributed by atoms with E-state index in [1.165, 1.54) is 69.8 Å². The number of allylic oxidation sites excluding steroid dienone is 1. The Labute approximate surface area is 181 Å². The van der Waals surface area contributed by atoms with Crippen molar-refractivity contribution in [2.75, 3.05) is 0 Å². The van der Waals surface area contributed by atoms with E-state index in [0.717, 1.165) is 35.5 Å². The van der Waals surface area contributed by atoms with Crippen molar-refractivity contribution in [1.82, 2.24) is 0 Å². The van der Waals surface area contributed by atoms with Gasteiger partial charge in [0.2, 0.25) is 0 Å². The van der Waals surface area contributed by atoms with Crippen LogP contribution in [0.5, 0.6) is 0 Å². The molecule has 166 valence electrons. The Balaban J connectivity index is 1.63. The lowest BCUT2D eigenvalue weighted by atomic mass is 9.39. The Hall–Kier alpha value is -0.300. The van der Waals surface area contributed by atoms with Gasteiger partial charge in [-0.25, -0.2) is 0 Å². The highest BCUT2D eigenvalue weighted by molar-refractivity contribution is 5.20. The van der Waals surface area contributed by atoms with Crippen LogP contribution >= 0.6 is 0 Å². The Bertz CT molecular complexity index is 638. The van der Waals surface area contributed by atoms with Crippen LogP contribution < -0.4 is 5.73 Å². The van der Waals surface area contributed by atoms with Crippen molar-refractivity contribution in [3.05, 3.63) is 12.2 Å². The van der Waals surface area contributed by atoms with Crippen LogP contribution in [0.1, 0.15) is 106 Å². The zero-order chi connectivity index (χ0) is 21.2. The highest BCUT2D eigenvalue weighted by Crippen LogP contribution is 2.70. The zero-order valence-electron chi connectivity index (χ0n) is 20.4. The van der Waals surface area contributed by atoms with Gasteiger partial charge in [0.05, 0.1) is 0 Å². The van der Waals surface area contributed by atoms with Crippen molar-refractivity contribution >= 4 is 0 Å². The van der Waals surface area contributed by atoms with E-state index >= 15 is 0 Å². The third-order valence-corrected chi connectivity index (χ3v) is 11.3. The largest absolute Gasteiger partial charge is 0.324 e. The minimum Gasteiger partial charge on any atom is -0.324 e. The summed E-state index contributed by atoms with van der Waals surface area (Å²) in [5.41, 5.74) is 10.1. The maximum Gasteiger partial charge on any atom is 0.0246 e. The van der Waals surface area contributed by atoms with Crippen LogP contribution in [0.4, 0.5) is 0 Å². The first-order valence-corrected chi connectivity index (χ1v) is 13.0. The van der Waals surface area contributed by atoms with Gasteiger partial charge in [0.15, 0.2) is 0 Å². The number of hydrogen-bond donors (Lipinski definition) is 1. The molecular weight excluding hydrogens is 350 g/mol. The van der Waals surface area contributed by atoms with Gasteiger partial charge in [-0.1, -0.05) is 46.6 Å². The summed E-state index contributed by atoms with van der Waals surface area (Å²) in [5, 5.41) is 0. The normalized spacial score (nSPS) is 54.4. The fourth-order valence-electron chi connectivity index (χ4n) is 9.89. The van der Waals surface area contributed by atoms with Gasteiger partial charge in [0.25, 0.3) is 0 Å². The Morgan fingerprint density at radius 3 is 2.38 bits per heavy atom. The maximum atomic E-state index is 7.67. The van der Waals surface area contributed by atoms with Crippen LogP contribution in [-0.2, 0) is 0 Å². The standard InChI is InChI=1S/C28H49N/c1-18(2)9-8-10-22-12-14-25-27(22,7)20(4)15-24-23-13-11-19(3)16-26(23,6)17-21(5)28(24,25)29/h19-25H,1,8-17,29H2,2-7H3/t19-,20+,21-,22+,23-,24-,25-,26+,27-,28+/m1/s1. The molecule has 4 fully saturated rings. The monoisotopic (exact) mass is 399 g/mol. The van der Waals surface area contributed by atoms with Crippen LogP contribution in [0.25, 0.3) is 0 Å². The van der Waals surface area contributed by atoms with E-state index in [9.17, 15) is 0 Å². The third kappa shape index (κ3) is 3.19. The van der Waals surface area contributed by atoms with E-state index in [1.807, 2.05) is 0 Å². The minimum absolute atomic E-state index is 0.0785. The number of nitrogens with two attached hydrogens (primary N) is 1. The van der Waals surface area contributed by atoms with Gasteiger partial charge >= 0.3 is 0 Å². The molecule has 0 heterocycles. The lowest BCUT2D eigenvalue weighted by molar-refractivity contribution is -0.162. The van der Waals surface area contributed by atoms with Crippen molar-refractivity contribution in [1.29, 1.82) is 0 Å². The second-order valence-corrected chi connectivity index (χ2v) is 13.0. The van der Waals surface area contributed by atoms with Crippen molar-refractivity contribution in [2.24, 2.45) is 58.0 Å². The van der Waals surface area contributed by atoms with Gasteiger partial charge in [-0.05, 0) is 117 Å². The first-order valence-electron chi connectivity index (χ1n) is 13.0. The number of rotatable bonds is 4. The lowest BCUT2D eigenvalue weighted by Gasteiger charge is -2.68. The molecule has 0 amide bonds. The summed E-state index contributed by atoms with van der Waals surface area (Å²) in [6.45, 7) is 19.3. The van der Waals surface area contributed by atoms with Gasteiger partial charge in [-0.2, -0.15) is 0 Å². The lowest BCUT2D eigenvalue weighted by Crippen LogP contribution is -2.71. The van der Waals surface area contributed by atoms with Crippen molar-refractivity contribution < 1.29 is 0 Å². The topological polar surface area (TPSA) is 26.0 Å². The van der Waals surface area contributed by atoms with E-state index < -0.39 is 0 Å². The molecule has 4 rings (SSSR count). The third-order valence-electron chi connectivity index (χ3n) is 11.3. The molecule has 4 aliphatic rings. The highest BCUT2D eigenvalue weighted by Gasteiger charge is 2.68. The first-order chi connectivity index (χ1) is 13.5. The fourth-order valence-corrected chi connectivity index (χ4v) is 9.89. The number of hydrogen-bond acceptors (Lipinski definition) is 1. The second kappa shape index (κ2) is 7.39. The van der Waals surface area contributed by atoms with Crippen LogP contribution in [0, 0.1) is 52.3 Å².